The third kappa shape index (κ3) is 2.58. The van der Waals surface area contributed by atoms with E-state index < -0.39 is 0 Å². The van der Waals surface area contributed by atoms with E-state index in [9.17, 15) is 0 Å². The van der Waals surface area contributed by atoms with Crippen molar-refractivity contribution in [1.29, 1.82) is 0 Å². The van der Waals surface area contributed by atoms with Gasteiger partial charge in [-0.05, 0) is 37.6 Å². The molecule has 3 heteroatoms. The predicted molar refractivity (Wildman–Crippen MR) is 80.4 cm³/mol. The van der Waals surface area contributed by atoms with Gasteiger partial charge in [0.25, 0.3) is 0 Å². The van der Waals surface area contributed by atoms with E-state index in [-0.39, 0.29) is 12.1 Å². The van der Waals surface area contributed by atoms with Crippen molar-refractivity contribution in [3.63, 3.8) is 0 Å². The van der Waals surface area contributed by atoms with E-state index in [0.29, 0.717) is 0 Å². The first kappa shape index (κ1) is 12.9. The maximum Gasteiger partial charge on any atom is 0.134 e. The summed E-state index contributed by atoms with van der Waals surface area (Å²) in [6.45, 7) is 4.25. The van der Waals surface area contributed by atoms with Crippen LogP contribution in [0, 0.1) is 0 Å². The van der Waals surface area contributed by atoms with E-state index in [0.717, 1.165) is 16.7 Å². The van der Waals surface area contributed by atoms with Crippen molar-refractivity contribution in [2.24, 2.45) is 0 Å². The third-order valence-corrected chi connectivity index (χ3v) is 3.56. The second-order valence-electron chi connectivity index (χ2n) is 5.08. The Bertz CT molecular complexity index is 657. The van der Waals surface area contributed by atoms with Gasteiger partial charge in [0.05, 0.1) is 6.04 Å². The van der Waals surface area contributed by atoms with Crippen LogP contribution in [0.3, 0.4) is 0 Å². The van der Waals surface area contributed by atoms with Crippen LogP contribution < -0.4 is 5.32 Å². The summed E-state index contributed by atoms with van der Waals surface area (Å²) in [5.74, 6) is 0.960. The van der Waals surface area contributed by atoms with Crippen molar-refractivity contribution in [3.05, 3.63) is 66.2 Å². The highest BCUT2D eigenvalue weighted by Crippen LogP contribution is 2.25. The van der Waals surface area contributed by atoms with Gasteiger partial charge in [-0.3, -0.25) is 4.98 Å². The first-order valence-corrected chi connectivity index (χ1v) is 6.88. The molecule has 1 N–H and O–H groups in total. The van der Waals surface area contributed by atoms with Crippen LogP contribution in [0.5, 0.6) is 0 Å². The number of aromatic nitrogens is 1. The molecular formula is C17H18N2O. The van der Waals surface area contributed by atoms with E-state index in [2.05, 4.69) is 42.3 Å². The van der Waals surface area contributed by atoms with E-state index in [1.807, 2.05) is 30.5 Å². The smallest absolute Gasteiger partial charge is 0.134 e. The molecule has 2 atom stereocenters. The minimum Gasteiger partial charge on any atom is -0.459 e. The number of hydrogen-bond acceptors (Lipinski definition) is 3. The van der Waals surface area contributed by atoms with Crippen molar-refractivity contribution < 1.29 is 4.42 Å². The van der Waals surface area contributed by atoms with Crippen molar-refractivity contribution in [2.75, 3.05) is 0 Å². The standard InChI is InChI=1S/C17H18N2O/c1-12(15-7-5-9-18-11-15)19-13(2)17-10-14-6-3-4-8-16(14)20-17/h3-13,19H,1-2H3/t12?,13-/m0/s1. The molecule has 0 saturated carbocycles. The van der Waals surface area contributed by atoms with Gasteiger partial charge in [0.1, 0.15) is 11.3 Å². The van der Waals surface area contributed by atoms with Gasteiger partial charge in [-0.25, -0.2) is 0 Å². The molecule has 0 aliphatic rings. The fourth-order valence-corrected chi connectivity index (χ4v) is 2.40. The Morgan fingerprint density at radius 2 is 1.90 bits per heavy atom. The Labute approximate surface area is 118 Å². The number of fused-ring (bicyclic) bond motifs is 1. The zero-order valence-corrected chi connectivity index (χ0v) is 11.7. The number of hydrogen-bond donors (Lipinski definition) is 1. The highest BCUT2D eigenvalue weighted by molar-refractivity contribution is 5.77. The summed E-state index contributed by atoms with van der Waals surface area (Å²) in [6, 6.07) is 14.6. The molecule has 0 saturated heterocycles. The Kier molecular flexibility index (Phi) is 3.52. The summed E-state index contributed by atoms with van der Waals surface area (Å²) in [5.41, 5.74) is 2.11. The lowest BCUT2D eigenvalue weighted by atomic mass is 10.1. The Hall–Kier alpha value is -2.13. The molecule has 2 aromatic heterocycles. The van der Waals surface area contributed by atoms with Gasteiger partial charge in [-0.1, -0.05) is 24.3 Å². The summed E-state index contributed by atoms with van der Waals surface area (Å²) in [6.07, 6.45) is 3.68. The number of furan rings is 1. The van der Waals surface area contributed by atoms with Crippen LogP contribution in [0.1, 0.15) is 37.3 Å². The summed E-state index contributed by atoms with van der Waals surface area (Å²) < 4.78 is 5.89. The van der Waals surface area contributed by atoms with Crippen LogP contribution >= 0.6 is 0 Å². The van der Waals surface area contributed by atoms with Gasteiger partial charge in [0.2, 0.25) is 0 Å². The van der Waals surface area contributed by atoms with Crippen LogP contribution in [0.2, 0.25) is 0 Å². The normalized spacial score (nSPS) is 14.3. The quantitative estimate of drug-likeness (QED) is 0.767. The highest BCUT2D eigenvalue weighted by atomic mass is 16.3. The van der Waals surface area contributed by atoms with Gasteiger partial charge in [-0.2, -0.15) is 0 Å². The van der Waals surface area contributed by atoms with E-state index in [1.54, 1.807) is 6.20 Å². The van der Waals surface area contributed by atoms with Crippen LogP contribution in [0.15, 0.2) is 59.3 Å². The number of nitrogens with zero attached hydrogens (tertiary/aromatic N) is 1. The average molecular weight is 266 g/mol. The van der Waals surface area contributed by atoms with E-state index in [4.69, 9.17) is 4.42 Å². The molecular weight excluding hydrogens is 248 g/mol. The molecule has 3 nitrogen and oxygen atoms in total. The van der Waals surface area contributed by atoms with Gasteiger partial charge >= 0.3 is 0 Å². The molecule has 0 aliphatic carbocycles. The summed E-state index contributed by atoms with van der Waals surface area (Å²) in [4.78, 5) is 4.16. The molecule has 0 bridgehead atoms. The Balaban J connectivity index is 1.77. The number of rotatable bonds is 4. The molecule has 1 unspecified atom stereocenters. The van der Waals surface area contributed by atoms with Crippen molar-refractivity contribution >= 4 is 11.0 Å². The van der Waals surface area contributed by atoms with E-state index in [1.165, 1.54) is 5.56 Å². The Morgan fingerprint density at radius 3 is 2.65 bits per heavy atom. The number of pyridine rings is 1. The predicted octanol–water partition coefficient (Wildman–Crippen LogP) is 4.24. The molecule has 2 heterocycles. The molecule has 3 aromatic rings. The molecule has 0 radical (unpaired) electrons. The molecule has 3 rings (SSSR count). The summed E-state index contributed by atoms with van der Waals surface area (Å²) in [5, 5.41) is 4.68. The SMILES string of the molecule is CC(N[C@@H](C)c1cc2ccccc2o1)c1cccnc1. The highest BCUT2D eigenvalue weighted by Gasteiger charge is 2.14. The van der Waals surface area contributed by atoms with Crippen LogP contribution in [0.4, 0.5) is 0 Å². The second kappa shape index (κ2) is 5.47. The monoisotopic (exact) mass is 266 g/mol. The lowest BCUT2D eigenvalue weighted by Crippen LogP contribution is -2.22. The maximum atomic E-state index is 5.89. The molecule has 0 aliphatic heterocycles. The van der Waals surface area contributed by atoms with Crippen molar-refractivity contribution in [3.8, 4) is 0 Å². The minimum absolute atomic E-state index is 0.151. The first-order valence-electron chi connectivity index (χ1n) is 6.88. The zero-order chi connectivity index (χ0) is 13.9. The number of benzene rings is 1. The number of para-hydroxylation sites is 1. The fourth-order valence-electron chi connectivity index (χ4n) is 2.40. The van der Waals surface area contributed by atoms with E-state index >= 15 is 0 Å². The molecule has 0 amide bonds. The topological polar surface area (TPSA) is 38.1 Å². The molecule has 20 heavy (non-hydrogen) atoms. The first-order chi connectivity index (χ1) is 9.74. The van der Waals surface area contributed by atoms with Gasteiger partial charge in [0.15, 0.2) is 0 Å². The average Bonchev–Trinajstić information content (AvgIpc) is 2.92. The fraction of sp³-hybridized carbons (Fsp3) is 0.235. The number of nitrogens with one attached hydrogen (secondary N) is 1. The maximum absolute atomic E-state index is 5.89. The van der Waals surface area contributed by atoms with Crippen LogP contribution in [-0.4, -0.2) is 4.98 Å². The van der Waals surface area contributed by atoms with Crippen molar-refractivity contribution in [2.45, 2.75) is 25.9 Å². The lowest BCUT2D eigenvalue weighted by Gasteiger charge is -2.18. The third-order valence-electron chi connectivity index (χ3n) is 3.56. The second-order valence-corrected chi connectivity index (χ2v) is 5.08. The van der Waals surface area contributed by atoms with Crippen molar-refractivity contribution in [1.82, 2.24) is 10.3 Å². The van der Waals surface area contributed by atoms with Crippen LogP contribution in [0.25, 0.3) is 11.0 Å². The van der Waals surface area contributed by atoms with Gasteiger partial charge in [0, 0.05) is 23.8 Å². The van der Waals surface area contributed by atoms with Gasteiger partial charge in [-0.15, -0.1) is 0 Å². The molecule has 1 aromatic carbocycles. The molecule has 102 valence electrons. The summed E-state index contributed by atoms with van der Waals surface area (Å²) in [7, 11) is 0. The molecule has 0 fully saturated rings. The summed E-state index contributed by atoms with van der Waals surface area (Å²) >= 11 is 0. The lowest BCUT2D eigenvalue weighted by molar-refractivity contribution is 0.417. The van der Waals surface area contributed by atoms with Gasteiger partial charge < -0.3 is 9.73 Å². The molecule has 0 spiro atoms. The Morgan fingerprint density at radius 1 is 1.05 bits per heavy atom. The largest absolute Gasteiger partial charge is 0.459 e. The minimum atomic E-state index is 0.151. The zero-order valence-electron chi connectivity index (χ0n) is 11.7. The van der Waals surface area contributed by atoms with Crippen LogP contribution in [-0.2, 0) is 0 Å².